The summed E-state index contributed by atoms with van der Waals surface area (Å²) in [7, 11) is 0.782. The van der Waals surface area contributed by atoms with E-state index in [-0.39, 0.29) is 0 Å². The lowest BCUT2D eigenvalue weighted by atomic mass is 10.9. The number of hydrogen-bond donors (Lipinski definition) is 0. The number of hydrogen-bond acceptors (Lipinski definition) is 0. The second kappa shape index (κ2) is 2.67. The molecule has 44 valence electrons. The second-order valence-electron chi connectivity index (χ2n) is 3.31. The highest BCUT2D eigenvalue weighted by molar-refractivity contribution is 6.76. The molecule has 0 aliphatic heterocycles. The average Bonchev–Trinajstić information content (AvgIpc) is 1.30. The van der Waals surface area contributed by atoms with Crippen LogP contribution in [0.1, 0.15) is 0 Å². The van der Waals surface area contributed by atoms with Gasteiger partial charge in [-0.05, 0) is 0 Å². The summed E-state index contributed by atoms with van der Waals surface area (Å²) in [6, 6.07) is 3.05. The van der Waals surface area contributed by atoms with Gasteiger partial charge in [-0.1, -0.05) is 31.7 Å². The second-order valence-corrected chi connectivity index (χ2v) is 9.93. The van der Waals surface area contributed by atoms with Crippen molar-refractivity contribution in [1.29, 1.82) is 0 Å². The zero-order valence-corrected chi connectivity index (χ0v) is 8.91. The van der Waals surface area contributed by atoms with Gasteiger partial charge in [0.2, 0.25) is 0 Å². The van der Waals surface area contributed by atoms with Crippen LogP contribution in [0, 0.1) is 0 Å². The van der Waals surface area contributed by atoms with E-state index < -0.39 is 8.07 Å². The highest BCUT2D eigenvalue weighted by Gasteiger charge is 2.09. The molecule has 0 fully saturated rings. The minimum absolute atomic E-state index is 0.622. The predicted octanol–water partition coefficient (Wildman–Crippen LogP) is 1.11. The van der Waals surface area contributed by atoms with Crippen LogP contribution in [-0.4, -0.2) is 18.3 Å². The van der Waals surface area contributed by atoms with E-state index in [9.17, 15) is 0 Å². The molecule has 2 heteroatoms. The monoisotopic (exact) mass is 132 g/mol. The molecular weight excluding hydrogens is 116 g/mol. The van der Waals surface area contributed by atoms with Crippen molar-refractivity contribution in [3.63, 3.8) is 0 Å². The summed E-state index contributed by atoms with van der Waals surface area (Å²) in [5.41, 5.74) is 0. The molecule has 0 aromatic heterocycles. The first-order chi connectivity index (χ1) is 3.06. The fraction of sp³-hybridized carbons (Fsp3) is 1.00. The molecule has 0 atom stereocenters. The molecule has 0 aromatic carbocycles. The molecule has 0 unspecified atom stereocenters. The molecule has 0 saturated heterocycles. The quantitative estimate of drug-likeness (QED) is 0.494. The molecule has 0 aliphatic rings. The third-order valence-corrected chi connectivity index (χ3v) is 4.50. The highest BCUT2D eigenvalue weighted by atomic mass is 28.3. The molecule has 0 aromatic rings. The van der Waals surface area contributed by atoms with Crippen molar-refractivity contribution < 1.29 is 0 Å². The summed E-state index contributed by atoms with van der Waals surface area (Å²) in [6.07, 6.45) is 0. The SMILES string of the molecule is C[Si](C)(C)CC[SiH3]. The van der Waals surface area contributed by atoms with Crippen LogP contribution in [0.15, 0.2) is 0 Å². The molecule has 7 heavy (non-hydrogen) atoms. The van der Waals surface area contributed by atoms with Gasteiger partial charge in [-0.3, -0.25) is 0 Å². The molecule has 0 rings (SSSR count). The average molecular weight is 132 g/mol. The smallest absolute Gasteiger partial charge is 0.0439 e. The van der Waals surface area contributed by atoms with Gasteiger partial charge in [0, 0.05) is 18.3 Å². The van der Waals surface area contributed by atoms with Gasteiger partial charge >= 0.3 is 0 Å². The first kappa shape index (κ1) is 7.43. The highest BCUT2D eigenvalue weighted by Crippen LogP contribution is 2.08. The van der Waals surface area contributed by atoms with Gasteiger partial charge in [-0.15, -0.1) is 0 Å². The van der Waals surface area contributed by atoms with Crippen LogP contribution >= 0.6 is 0 Å². The molecule has 0 nitrogen and oxygen atoms in total. The van der Waals surface area contributed by atoms with Crippen molar-refractivity contribution in [3.8, 4) is 0 Å². The standard InChI is InChI=1S/C5H16Si2/c1-7(2,3)5-4-6/h4-5H2,1-3,6H3. The van der Waals surface area contributed by atoms with Crippen molar-refractivity contribution in [2.45, 2.75) is 31.7 Å². The maximum absolute atomic E-state index is 2.44. The van der Waals surface area contributed by atoms with Crippen LogP contribution in [0.5, 0.6) is 0 Å². The molecule has 0 aliphatic carbocycles. The Labute approximate surface area is 50.8 Å². The zero-order valence-electron chi connectivity index (χ0n) is 5.91. The topological polar surface area (TPSA) is 0 Å². The van der Waals surface area contributed by atoms with Crippen molar-refractivity contribution in [1.82, 2.24) is 0 Å². The van der Waals surface area contributed by atoms with E-state index in [0.717, 1.165) is 0 Å². The zero-order chi connectivity index (χ0) is 5.91. The largest absolute Gasteiger partial charge is 0.0696 e. The molecule has 0 heterocycles. The lowest BCUT2D eigenvalue weighted by molar-refractivity contribution is 1.35. The Bertz CT molecular complexity index is 44.5. The fourth-order valence-electron chi connectivity index (χ4n) is 0.750. The lowest BCUT2D eigenvalue weighted by Gasteiger charge is -2.12. The Kier molecular flexibility index (Phi) is 2.84. The summed E-state index contributed by atoms with van der Waals surface area (Å²) in [5.74, 6) is 0. The van der Waals surface area contributed by atoms with E-state index in [0.29, 0.717) is 0 Å². The maximum Gasteiger partial charge on any atom is 0.0439 e. The Morgan fingerprint density at radius 3 is 1.71 bits per heavy atom. The molecule has 0 amide bonds. The Balaban J connectivity index is 3.15. The minimum Gasteiger partial charge on any atom is -0.0696 e. The first-order valence-corrected chi connectivity index (χ1v) is 8.18. The van der Waals surface area contributed by atoms with E-state index in [1.54, 1.807) is 6.04 Å². The Morgan fingerprint density at radius 2 is 1.71 bits per heavy atom. The van der Waals surface area contributed by atoms with Crippen LogP contribution in [0.4, 0.5) is 0 Å². The normalized spacial score (nSPS) is 12.4. The van der Waals surface area contributed by atoms with Crippen molar-refractivity contribution in [3.05, 3.63) is 0 Å². The van der Waals surface area contributed by atoms with Crippen LogP contribution < -0.4 is 0 Å². The van der Waals surface area contributed by atoms with Crippen molar-refractivity contribution >= 4 is 18.3 Å². The van der Waals surface area contributed by atoms with Gasteiger partial charge in [0.05, 0.1) is 0 Å². The molecule has 0 spiro atoms. The van der Waals surface area contributed by atoms with E-state index in [2.05, 4.69) is 19.6 Å². The summed E-state index contributed by atoms with van der Waals surface area (Å²) in [6.45, 7) is 7.31. The minimum atomic E-state index is -0.622. The summed E-state index contributed by atoms with van der Waals surface area (Å²) < 4.78 is 0. The predicted molar refractivity (Wildman–Crippen MR) is 42.9 cm³/mol. The van der Waals surface area contributed by atoms with Crippen molar-refractivity contribution in [2.75, 3.05) is 0 Å². The van der Waals surface area contributed by atoms with Crippen LogP contribution in [0.3, 0.4) is 0 Å². The molecule has 0 N–H and O–H groups in total. The van der Waals surface area contributed by atoms with Gasteiger partial charge in [0.15, 0.2) is 0 Å². The summed E-state index contributed by atoms with van der Waals surface area (Å²) in [4.78, 5) is 0. The molecule has 0 bridgehead atoms. The summed E-state index contributed by atoms with van der Waals surface area (Å²) >= 11 is 0. The van der Waals surface area contributed by atoms with Crippen LogP contribution in [0.2, 0.25) is 31.7 Å². The number of rotatable bonds is 2. The van der Waals surface area contributed by atoms with Gasteiger partial charge in [0.1, 0.15) is 0 Å². The van der Waals surface area contributed by atoms with Gasteiger partial charge in [-0.25, -0.2) is 0 Å². The third kappa shape index (κ3) is 6.43. The van der Waals surface area contributed by atoms with E-state index in [4.69, 9.17) is 0 Å². The van der Waals surface area contributed by atoms with E-state index in [1.165, 1.54) is 16.3 Å². The molecular formula is C5H16Si2. The van der Waals surface area contributed by atoms with Crippen LogP contribution in [-0.2, 0) is 0 Å². The van der Waals surface area contributed by atoms with E-state index in [1.807, 2.05) is 0 Å². The fourth-order valence-corrected chi connectivity index (χ4v) is 6.75. The van der Waals surface area contributed by atoms with E-state index >= 15 is 0 Å². The van der Waals surface area contributed by atoms with Crippen LogP contribution in [0.25, 0.3) is 0 Å². The maximum atomic E-state index is 2.44. The van der Waals surface area contributed by atoms with Gasteiger partial charge in [-0.2, -0.15) is 0 Å². The Hall–Kier alpha value is 0.434. The first-order valence-electron chi connectivity index (χ1n) is 3.06. The lowest BCUT2D eigenvalue weighted by Crippen LogP contribution is -2.18. The Morgan fingerprint density at radius 1 is 1.29 bits per heavy atom. The third-order valence-electron chi connectivity index (χ3n) is 1.000. The molecule has 0 radical (unpaired) electrons. The summed E-state index contributed by atoms with van der Waals surface area (Å²) in [5, 5.41) is 0. The van der Waals surface area contributed by atoms with Gasteiger partial charge in [0.25, 0.3) is 0 Å². The molecule has 0 saturated carbocycles. The van der Waals surface area contributed by atoms with Crippen molar-refractivity contribution in [2.24, 2.45) is 0 Å². The van der Waals surface area contributed by atoms with Gasteiger partial charge < -0.3 is 0 Å².